The summed E-state index contributed by atoms with van der Waals surface area (Å²) in [5.41, 5.74) is 2.52. The summed E-state index contributed by atoms with van der Waals surface area (Å²) >= 11 is 7.76. The fourth-order valence-corrected chi connectivity index (χ4v) is 3.22. The molecule has 2 nitrogen and oxygen atoms in total. The lowest BCUT2D eigenvalue weighted by molar-refractivity contribution is 0.535. The zero-order valence-corrected chi connectivity index (χ0v) is 14.7. The monoisotopic (exact) mass is 322 g/mol. The van der Waals surface area contributed by atoms with E-state index in [-0.39, 0.29) is 5.41 Å². The number of hydrogen-bond donors (Lipinski definition) is 1. The van der Waals surface area contributed by atoms with Crippen molar-refractivity contribution in [3.63, 3.8) is 0 Å². The Kier molecular flexibility index (Phi) is 5.42. The van der Waals surface area contributed by atoms with Crippen LogP contribution in [0.1, 0.15) is 44.0 Å². The first-order valence-corrected chi connectivity index (χ1v) is 8.53. The minimum atomic E-state index is 0.134. The van der Waals surface area contributed by atoms with E-state index in [0.29, 0.717) is 6.04 Å². The maximum atomic E-state index is 6.02. The number of nitrogens with one attached hydrogen (secondary N) is 1. The number of nitrogens with zero attached hydrogens (tertiary/aromatic N) is 1. The summed E-state index contributed by atoms with van der Waals surface area (Å²) in [5, 5.41) is 7.68. The molecule has 1 unspecified atom stereocenters. The van der Waals surface area contributed by atoms with Crippen LogP contribution in [-0.4, -0.2) is 11.0 Å². The number of rotatable bonds is 5. The lowest BCUT2D eigenvalue weighted by Crippen LogP contribution is -2.27. The van der Waals surface area contributed by atoms with E-state index in [1.807, 2.05) is 18.2 Å². The molecular formula is C17H23ClN2S. The Hall–Kier alpha value is -0.900. The summed E-state index contributed by atoms with van der Waals surface area (Å²) in [4.78, 5) is 4.71. The van der Waals surface area contributed by atoms with Crippen LogP contribution in [-0.2, 0) is 18.4 Å². The van der Waals surface area contributed by atoms with E-state index in [1.165, 1.54) is 10.6 Å². The van der Waals surface area contributed by atoms with Crippen molar-refractivity contribution in [2.24, 2.45) is 0 Å². The van der Waals surface area contributed by atoms with Crippen molar-refractivity contribution in [1.82, 2.24) is 10.3 Å². The van der Waals surface area contributed by atoms with Gasteiger partial charge < -0.3 is 5.32 Å². The highest BCUT2D eigenvalue weighted by Gasteiger charge is 2.17. The minimum absolute atomic E-state index is 0.134. The third kappa shape index (κ3) is 5.10. The minimum Gasteiger partial charge on any atom is -0.308 e. The van der Waals surface area contributed by atoms with Crippen LogP contribution in [0.4, 0.5) is 0 Å². The molecule has 2 aromatic rings. The van der Waals surface area contributed by atoms with Gasteiger partial charge in [0.25, 0.3) is 0 Å². The van der Waals surface area contributed by atoms with Gasteiger partial charge in [0.15, 0.2) is 0 Å². The molecule has 0 saturated heterocycles. The van der Waals surface area contributed by atoms with E-state index in [9.17, 15) is 0 Å². The lowest BCUT2D eigenvalue weighted by atomic mass is 9.98. The fourth-order valence-electron chi connectivity index (χ4n) is 2.10. The zero-order valence-electron chi connectivity index (χ0n) is 13.1. The lowest BCUT2D eigenvalue weighted by Gasteiger charge is -2.14. The van der Waals surface area contributed by atoms with Gasteiger partial charge in [-0.25, -0.2) is 4.98 Å². The number of halogens is 1. The third-order valence-electron chi connectivity index (χ3n) is 3.26. The van der Waals surface area contributed by atoms with Gasteiger partial charge in [0.2, 0.25) is 0 Å². The van der Waals surface area contributed by atoms with Gasteiger partial charge in [-0.15, -0.1) is 11.3 Å². The molecule has 0 aliphatic rings. The summed E-state index contributed by atoms with van der Waals surface area (Å²) in [6.45, 7) is 9.60. The highest BCUT2D eigenvalue weighted by Crippen LogP contribution is 2.25. The number of thiazole rings is 1. The Labute approximate surface area is 136 Å². The van der Waals surface area contributed by atoms with Crippen LogP contribution < -0.4 is 5.32 Å². The van der Waals surface area contributed by atoms with Crippen molar-refractivity contribution in [3.8, 4) is 0 Å². The van der Waals surface area contributed by atoms with Crippen molar-refractivity contribution in [1.29, 1.82) is 0 Å². The summed E-state index contributed by atoms with van der Waals surface area (Å²) in [7, 11) is 0. The smallest absolute Gasteiger partial charge is 0.0982 e. The van der Waals surface area contributed by atoms with Crippen molar-refractivity contribution < 1.29 is 0 Å². The third-order valence-corrected chi connectivity index (χ3v) is 4.81. The molecule has 21 heavy (non-hydrogen) atoms. The van der Waals surface area contributed by atoms with Crippen LogP contribution >= 0.6 is 22.9 Å². The van der Waals surface area contributed by atoms with E-state index in [2.05, 4.69) is 44.5 Å². The van der Waals surface area contributed by atoms with E-state index < -0.39 is 0 Å². The van der Waals surface area contributed by atoms with Gasteiger partial charge in [0.1, 0.15) is 0 Å². The van der Waals surface area contributed by atoms with E-state index >= 15 is 0 Å². The summed E-state index contributed by atoms with van der Waals surface area (Å²) < 4.78 is 0. The summed E-state index contributed by atoms with van der Waals surface area (Å²) in [6, 6.07) is 8.45. The molecule has 0 fully saturated rings. The predicted molar refractivity (Wildman–Crippen MR) is 92.3 cm³/mol. The molecular weight excluding hydrogens is 300 g/mol. The van der Waals surface area contributed by atoms with Gasteiger partial charge >= 0.3 is 0 Å². The molecule has 1 aromatic carbocycles. The molecule has 0 saturated carbocycles. The van der Waals surface area contributed by atoms with Gasteiger partial charge in [0, 0.05) is 28.4 Å². The molecule has 1 atom stereocenters. The van der Waals surface area contributed by atoms with E-state index in [0.717, 1.165) is 23.7 Å². The molecule has 0 spiro atoms. The molecule has 1 aromatic heterocycles. The second-order valence-electron chi connectivity index (χ2n) is 6.51. The van der Waals surface area contributed by atoms with Gasteiger partial charge in [-0.2, -0.15) is 0 Å². The molecule has 0 radical (unpaired) electrons. The molecule has 0 bridgehead atoms. The Bertz CT molecular complexity index is 586. The Morgan fingerprint density at radius 2 is 2.10 bits per heavy atom. The number of aromatic nitrogens is 1. The maximum Gasteiger partial charge on any atom is 0.0982 e. The van der Waals surface area contributed by atoms with Crippen LogP contribution in [0.25, 0.3) is 0 Å². The average Bonchev–Trinajstić information content (AvgIpc) is 2.85. The normalized spacial score (nSPS) is 13.4. The summed E-state index contributed by atoms with van der Waals surface area (Å²) in [5.74, 6) is 0. The quantitative estimate of drug-likeness (QED) is 0.854. The topological polar surface area (TPSA) is 24.9 Å². The Morgan fingerprint density at radius 1 is 1.33 bits per heavy atom. The second-order valence-corrected chi connectivity index (χ2v) is 7.80. The van der Waals surface area contributed by atoms with E-state index in [1.54, 1.807) is 11.3 Å². The van der Waals surface area contributed by atoms with Crippen LogP contribution in [0.2, 0.25) is 5.02 Å². The fraction of sp³-hybridized carbons (Fsp3) is 0.471. The first kappa shape index (κ1) is 16.5. The van der Waals surface area contributed by atoms with Crippen molar-refractivity contribution in [2.75, 3.05) is 0 Å². The van der Waals surface area contributed by atoms with Crippen molar-refractivity contribution in [3.05, 3.63) is 50.9 Å². The van der Waals surface area contributed by atoms with Gasteiger partial charge in [0.05, 0.1) is 10.7 Å². The van der Waals surface area contributed by atoms with Crippen LogP contribution in [0.3, 0.4) is 0 Å². The van der Waals surface area contributed by atoms with Gasteiger partial charge in [-0.3, -0.25) is 0 Å². The highest BCUT2D eigenvalue weighted by molar-refractivity contribution is 7.09. The first-order chi connectivity index (χ1) is 9.84. The molecule has 0 aliphatic carbocycles. The SMILES string of the molecule is CC(Cc1cccc(Cl)c1)NCc1csc(C(C)(C)C)n1. The number of hydrogen-bond acceptors (Lipinski definition) is 3. The largest absolute Gasteiger partial charge is 0.308 e. The van der Waals surface area contributed by atoms with Crippen LogP contribution in [0, 0.1) is 0 Å². The molecule has 4 heteroatoms. The predicted octanol–water partition coefficient (Wildman–Crippen LogP) is 4.81. The maximum absolute atomic E-state index is 6.02. The van der Waals surface area contributed by atoms with Crippen molar-refractivity contribution in [2.45, 2.75) is 52.1 Å². The van der Waals surface area contributed by atoms with Gasteiger partial charge in [-0.05, 0) is 31.0 Å². The Morgan fingerprint density at radius 3 is 2.71 bits per heavy atom. The molecule has 1 heterocycles. The molecule has 2 rings (SSSR count). The average molecular weight is 323 g/mol. The van der Waals surface area contributed by atoms with Crippen molar-refractivity contribution >= 4 is 22.9 Å². The van der Waals surface area contributed by atoms with Gasteiger partial charge in [-0.1, -0.05) is 44.5 Å². The van der Waals surface area contributed by atoms with Crippen LogP contribution in [0.5, 0.6) is 0 Å². The van der Waals surface area contributed by atoms with E-state index in [4.69, 9.17) is 16.6 Å². The van der Waals surface area contributed by atoms with Crippen LogP contribution in [0.15, 0.2) is 29.6 Å². The Balaban J connectivity index is 1.86. The highest BCUT2D eigenvalue weighted by atomic mass is 35.5. The zero-order chi connectivity index (χ0) is 15.5. The standard InChI is InChI=1S/C17H23ClN2S/c1-12(8-13-6-5-7-14(18)9-13)19-10-15-11-21-16(20-15)17(2,3)4/h5-7,9,11-12,19H,8,10H2,1-4H3. The molecule has 0 amide bonds. The first-order valence-electron chi connectivity index (χ1n) is 7.27. The second kappa shape index (κ2) is 6.91. The number of benzene rings is 1. The molecule has 114 valence electrons. The molecule has 1 N–H and O–H groups in total. The summed E-state index contributed by atoms with van der Waals surface area (Å²) in [6.07, 6.45) is 0.969. The molecule has 0 aliphatic heterocycles.